The fraction of sp³-hybridized carbons (Fsp3) is 0.909. The van der Waals surface area contributed by atoms with E-state index in [1.165, 1.54) is 116 Å². The van der Waals surface area contributed by atoms with E-state index in [0.29, 0.717) is 13.0 Å². The minimum absolute atomic E-state index is 0.0000517. The third-order valence-corrected chi connectivity index (χ3v) is 7.23. The van der Waals surface area contributed by atoms with Gasteiger partial charge in [-0.2, -0.15) is 0 Å². The largest absolute Gasteiger partial charge is 0.466 e. The van der Waals surface area contributed by atoms with Crippen molar-refractivity contribution in [1.82, 2.24) is 0 Å². The summed E-state index contributed by atoms with van der Waals surface area (Å²) >= 11 is 0. The number of carbonyl (C=O) groups excluding carboxylic acids is 1. The van der Waals surface area contributed by atoms with Crippen LogP contribution in [-0.2, 0) is 9.53 Å². The summed E-state index contributed by atoms with van der Waals surface area (Å²) in [4.78, 5) is 11.9. The van der Waals surface area contributed by atoms with E-state index in [2.05, 4.69) is 26.0 Å². The molecule has 0 aliphatic rings. The van der Waals surface area contributed by atoms with Gasteiger partial charge in [-0.15, -0.1) is 0 Å². The van der Waals surface area contributed by atoms with Crippen molar-refractivity contribution in [3.05, 3.63) is 12.2 Å². The number of aliphatic hydroxyl groups is 1. The Morgan fingerprint density at radius 2 is 1.08 bits per heavy atom. The van der Waals surface area contributed by atoms with Gasteiger partial charge in [0.1, 0.15) is 0 Å². The molecular weight excluding hydrogens is 444 g/mol. The third kappa shape index (κ3) is 29.4. The highest BCUT2D eigenvalue weighted by atomic mass is 16.5. The fourth-order valence-electron chi connectivity index (χ4n) is 4.74. The first-order valence-corrected chi connectivity index (χ1v) is 16.2. The predicted molar refractivity (Wildman–Crippen MR) is 157 cm³/mol. The zero-order valence-electron chi connectivity index (χ0n) is 24.6. The average Bonchev–Trinajstić information content (AvgIpc) is 2.88. The Labute approximate surface area is 226 Å². The molecule has 0 aliphatic heterocycles. The molecule has 0 saturated carbocycles. The molecule has 1 N–H and O–H groups in total. The Kier molecular flexibility index (Phi) is 29.7. The Balaban J connectivity index is 3.26. The first kappa shape index (κ1) is 35.2. The molecular formula is C33H64O3. The Bertz CT molecular complexity index is 460. The van der Waals surface area contributed by atoms with Crippen molar-refractivity contribution >= 4 is 5.97 Å². The van der Waals surface area contributed by atoms with E-state index in [-0.39, 0.29) is 12.1 Å². The maximum Gasteiger partial charge on any atom is 0.305 e. The molecule has 0 aliphatic carbocycles. The van der Waals surface area contributed by atoms with E-state index in [1.54, 1.807) is 0 Å². The molecule has 0 unspecified atom stereocenters. The highest BCUT2D eigenvalue weighted by molar-refractivity contribution is 5.69. The molecule has 214 valence electrons. The highest BCUT2D eigenvalue weighted by Gasteiger charge is 2.03. The van der Waals surface area contributed by atoms with Crippen LogP contribution in [0.2, 0.25) is 0 Å². The fourth-order valence-corrected chi connectivity index (χ4v) is 4.74. The van der Waals surface area contributed by atoms with E-state index in [0.717, 1.165) is 44.9 Å². The zero-order chi connectivity index (χ0) is 26.4. The van der Waals surface area contributed by atoms with E-state index in [4.69, 9.17) is 4.74 Å². The summed E-state index contributed by atoms with van der Waals surface area (Å²) in [5.41, 5.74) is 0. The Morgan fingerprint density at radius 3 is 1.67 bits per heavy atom. The van der Waals surface area contributed by atoms with Crippen molar-refractivity contribution in [3.8, 4) is 0 Å². The van der Waals surface area contributed by atoms with Crippen molar-refractivity contribution in [2.24, 2.45) is 0 Å². The molecule has 0 saturated heterocycles. The lowest BCUT2D eigenvalue weighted by Crippen LogP contribution is -2.05. The minimum Gasteiger partial charge on any atom is -0.466 e. The summed E-state index contributed by atoms with van der Waals surface area (Å²) in [6.45, 7) is 5.09. The van der Waals surface area contributed by atoms with Gasteiger partial charge in [-0.25, -0.2) is 0 Å². The van der Waals surface area contributed by atoms with Gasteiger partial charge in [0.15, 0.2) is 0 Å². The zero-order valence-corrected chi connectivity index (χ0v) is 24.6. The average molecular weight is 509 g/mol. The summed E-state index contributed by atoms with van der Waals surface area (Å²) in [6, 6.07) is 0. The lowest BCUT2D eigenvalue weighted by Gasteiger charge is -2.07. The van der Waals surface area contributed by atoms with Gasteiger partial charge in [-0.05, 0) is 38.5 Å². The van der Waals surface area contributed by atoms with Crippen molar-refractivity contribution < 1.29 is 14.6 Å². The summed E-state index contributed by atoms with van der Waals surface area (Å²) in [5, 5.41) is 9.97. The number of hydrogen-bond donors (Lipinski definition) is 1. The molecule has 0 amide bonds. The molecule has 3 heteroatoms. The number of unbranched alkanes of at least 4 members (excludes halogenated alkanes) is 20. The first-order chi connectivity index (χ1) is 17.7. The molecule has 3 nitrogen and oxygen atoms in total. The Morgan fingerprint density at radius 1 is 0.611 bits per heavy atom. The lowest BCUT2D eigenvalue weighted by molar-refractivity contribution is -0.143. The van der Waals surface area contributed by atoms with E-state index < -0.39 is 0 Å². The first-order valence-electron chi connectivity index (χ1n) is 16.2. The second-order valence-corrected chi connectivity index (χ2v) is 11.0. The minimum atomic E-state index is -0.156. The van der Waals surface area contributed by atoms with E-state index >= 15 is 0 Å². The van der Waals surface area contributed by atoms with Crippen LogP contribution in [0.5, 0.6) is 0 Å². The maximum absolute atomic E-state index is 11.9. The van der Waals surface area contributed by atoms with Gasteiger partial charge in [-0.1, -0.05) is 148 Å². The van der Waals surface area contributed by atoms with Crippen LogP contribution in [0.4, 0.5) is 0 Å². The number of aliphatic hydroxyl groups excluding tert-OH is 1. The van der Waals surface area contributed by atoms with Crippen molar-refractivity contribution in [2.45, 2.75) is 187 Å². The van der Waals surface area contributed by atoms with Crippen molar-refractivity contribution in [3.63, 3.8) is 0 Å². The lowest BCUT2D eigenvalue weighted by atomic mass is 10.0. The normalized spacial score (nSPS) is 12.4. The van der Waals surface area contributed by atoms with Gasteiger partial charge < -0.3 is 9.84 Å². The number of esters is 1. The van der Waals surface area contributed by atoms with Gasteiger partial charge in [0, 0.05) is 6.42 Å². The summed E-state index contributed by atoms with van der Waals surface area (Å²) in [7, 11) is 0. The molecule has 36 heavy (non-hydrogen) atoms. The number of rotatable bonds is 29. The van der Waals surface area contributed by atoms with Gasteiger partial charge in [-0.3, -0.25) is 4.79 Å². The Hall–Kier alpha value is -0.830. The molecule has 0 fully saturated rings. The molecule has 0 radical (unpaired) electrons. The molecule has 0 spiro atoms. The number of carbonyl (C=O) groups is 1. The standard InChI is InChI=1S/C33H64O3/c1-3-5-7-9-10-11-12-13-16-19-22-26-30-33(35)36-31-27-23-20-17-14-15-18-21-25-29-32(34)28-24-8-6-4-2/h21,25,32,34H,3-20,22-24,26-31H2,1-2H3/b25-21-/t32-/m1/s1. The third-order valence-electron chi connectivity index (χ3n) is 7.23. The second-order valence-electron chi connectivity index (χ2n) is 11.0. The molecule has 0 bridgehead atoms. The topological polar surface area (TPSA) is 46.5 Å². The summed E-state index contributed by atoms with van der Waals surface area (Å²) in [6.07, 6.45) is 35.7. The SMILES string of the molecule is CCCCCCCCCCCCCCC(=O)OCCCCCCCC/C=C\C[C@H](O)CCCCCC. The van der Waals surface area contributed by atoms with Crippen LogP contribution >= 0.6 is 0 Å². The molecule has 0 aromatic rings. The predicted octanol–water partition coefficient (Wildman–Crippen LogP) is 10.6. The summed E-state index contributed by atoms with van der Waals surface area (Å²) in [5.74, 6) is -0.0000517. The van der Waals surface area contributed by atoms with Gasteiger partial charge in [0.05, 0.1) is 12.7 Å². The van der Waals surface area contributed by atoms with Crippen molar-refractivity contribution in [1.29, 1.82) is 0 Å². The van der Waals surface area contributed by atoms with Crippen LogP contribution in [0.15, 0.2) is 12.2 Å². The van der Waals surface area contributed by atoms with E-state index in [9.17, 15) is 9.90 Å². The van der Waals surface area contributed by atoms with Crippen LogP contribution in [0.3, 0.4) is 0 Å². The maximum atomic E-state index is 11.9. The number of ether oxygens (including phenoxy) is 1. The van der Waals surface area contributed by atoms with Crippen LogP contribution in [-0.4, -0.2) is 23.8 Å². The quantitative estimate of drug-likeness (QED) is 0.0620. The van der Waals surface area contributed by atoms with Crippen LogP contribution in [0, 0.1) is 0 Å². The number of allylic oxidation sites excluding steroid dienone is 1. The molecule has 0 rings (SSSR count). The molecule has 1 atom stereocenters. The smallest absolute Gasteiger partial charge is 0.305 e. The van der Waals surface area contributed by atoms with Crippen LogP contribution < -0.4 is 0 Å². The summed E-state index contributed by atoms with van der Waals surface area (Å²) < 4.78 is 5.40. The van der Waals surface area contributed by atoms with Gasteiger partial charge >= 0.3 is 5.97 Å². The van der Waals surface area contributed by atoms with Crippen LogP contribution in [0.25, 0.3) is 0 Å². The molecule has 0 aromatic carbocycles. The molecule has 0 heterocycles. The molecule has 0 aromatic heterocycles. The monoisotopic (exact) mass is 508 g/mol. The second kappa shape index (κ2) is 30.4. The van der Waals surface area contributed by atoms with Crippen LogP contribution in [0.1, 0.15) is 181 Å². The number of hydrogen-bond acceptors (Lipinski definition) is 3. The van der Waals surface area contributed by atoms with Gasteiger partial charge in [0.25, 0.3) is 0 Å². The van der Waals surface area contributed by atoms with Gasteiger partial charge in [0.2, 0.25) is 0 Å². The van der Waals surface area contributed by atoms with E-state index in [1.807, 2.05) is 0 Å². The van der Waals surface area contributed by atoms with Crippen molar-refractivity contribution in [2.75, 3.05) is 6.61 Å². The highest BCUT2D eigenvalue weighted by Crippen LogP contribution is 2.13.